The number of furan rings is 1. The van der Waals surface area contributed by atoms with Crippen LogP contribution in [-0.2, 0) is 0 Å². The van der Waals surface area contributed by atoms with Gasteiger partial charge in [0, 0.05) is 0 Å². The molecule has 2 heterocycles. The number of hydrogen-bond donors (Lipinski definition) is 0. The van der Waals surface area contributed by atoms with Crippen LogP contribution in [0.25, 0.3) is 11.0 Å². The first-order chi connectivity index (χ1) is 23.8. The van der Waals surface area contributed by atoms with E-state index in [0.717, 1.165) is 5.58 Å². The summed E-state index contributed by atoms with van der Waals surface area (Å²) in [5, 5.41) is 1.36. The average molecular weight is 4310 g/mol. The number of fused-ring (bicyclic) bond motifs is 1. The summed E-state index contributed by atoms with van der Waals surface area (Å²) in [5.41, 5.74) is 1.15. The van der Waals surface area contributed by atoms with Gasteiger partial charge in [0.05, 0.1) is 0 Å². The summed E-state index contributed by atoms with van der Waals surface area (Å²) in [6.07, 6.45) is 0. The minimum absolute atomic E-state index is 0.0852. The number of anilines is 1. The Hall–Kier alpha value is 21.9. The first-order valence-corrected chi connectivity index (χ1v) is 176. The molecule has 51 heavy (non-hydrogen) atoms. The Morgan fingerprint density at radius 2 is 1.22 bits per heavy atom. The Balaban J connectivity index is 2.97. The van der Waals surface area contributed by atoms with Gasteiger partial charge in [0.15, 0.2) is 0 Å². The molecule has 1 aliphatic heterocycles. The van der Waals surface area contributed by atoms with Gasteiger partial charge in [0.25, 0.3) is 0 Å². The summed E-state index contributed by atoms with van der Waals surface area (Å²) in [5.74, 6) is 1.40. The summed E-state index contributed by atoms with van der Waals surface area (Å²) in [7, 11) is -5.38. The summed E-state index contributed by atoms with van der Waals surface area (Å²) >= 11 is 47.2. The normalized spacial score (nSPS) is 27.3. The molecule has 3 rings (SSSR count). The van der Waals surface area contributed by atoms with Crippen molar-refractivity contribution < 1.29 is 78.6 Å². The van der Waals surface area contributed by atoms with Crippen molar-refractivity contribution in [2.24, 2.45) is 0 Å². The standard InChI is InChI=1S/C16H15I32N2O/c1-9(2)49-13(3,41(25)45(30)37-20)15(42(26)47(32)44(28)29,43(27)48(33)46(31)38-21)50(12-8-10-6-4-5-7-11(10)51-12)16(39(22)23,40(24)36-19)14(49,34-17)35-18/h4-9H,1-3H3/q-5. The van der Waals surface area contributed by atoms with Crippen LogP contribution in [0, 0.1) is 0 Å². The van der Waals surface area contributed by atoms with E-state index < -0.39 is 98.8 Å². The number of para-hydroxylation sites is 1. The van der Waals surface area contributed by atoms with Gasteiger partial charge < -0.3 is 0 Å². The molecule has 35 heteroatoms. The van der Waals surface area contributed by atoms with Gasteiger partial charge in [-0.1, -0.05) is 0 Å². The molecule has 0 N–H and O–H groups in total. The van der Waals surface area contributed by atoms with Crippen LogP contribution < -0.4 is 79.1 Å². The van der Waals surface area contributed by atoms with Crippen LogP contribution in [0.15, 0.2) is 34.7 Å². The van der Waals surface area contributed by atoms with E-state index in [0.29, 0.717) is 40.8 Å². The number of piperazine rings is 1. The Morgan fingerprint density at radius 1 is 0.686 bits per heavy atom. The van der Waals surface area contributed by atoms with E-state index in [9.17, 15) is 0 Å². The Bertz CT molecular complexity index is 1380. The van der Waals surface area contributed by atoms with Crippen LogP contribution in [-0.4, -0.2) is 19.1 Å². The van der Waals surface area contributed by atoms with E-state index in [2.05, 4.69) is 377 Å². The molecule has 3 unspecified atom stereocenters. The van der Waals surface area contributed by atoms with Crippen molar-refractivity contribution in [2.75, 3.05) is 4.90 Å². The number of nitrogens with zero attached hydrogens (tertiary/aromatic N) is 2. The zero-order chi connectivity index (χ0) is 39.0. The van der Waals surface area contributed by atoms with Crippen LogP contribution in [0.3, 0.4) is 0 Å². The number of rotatable bonds is 17. The predicted molar refractivity (Wildman–Crippen MR) is 451 cm³/mol. The van der Waals surface area contributed by atoms with E-state index in [-0.39, 0.29) is 47.7 Å². The topological polar surface area (TPSA) is 19.6 Å². The third-order valence-corrected chi connectivity index (χ3v) is 987. The Labute approximate surface area is 560 Å². The summed E-state index contributed by atoms with van der Waals surface area (Å²) in [6, 6.07) is 12.5. The maximum absolute atomic E-state index is 7.61. The summed E-state index contributed by atoms with van der Waals surface area (Å²) in [4.78, 5) is 7.29. The molecule has 0 radical (unpaired) electrons. The fourth-order valence-corrected chi connectivity index (χ4v) is 1320. The zero-order valence-electron chi connectivity index (χ0n) is 23.4. The van der Waals surface area contributed by atoms with Gasteiger partial charge in [-0.05, 0) is 0 Å². The molecule has 3 nitrogen and oxygen atoms in total. The Morgan fingerprint density at radius 3 is 1.65 bits per heavy atom. The molecule has 3 atom stereocenters. The van der Waals surface area contributed by atoms with Gasteiger partial charge in [-0.2, -0.15) is 0 Å². The third-order valence-electron chi connectivity index (χ3n) is 6.18. The van der Waals surface area contributed by atoms with Gasteiger partial charge >= 0.3 is 586 Å². The predicted octanol–water partition coefficient (Wildman–Crippen LogP) is 11.4. The zero-order valence-corrected chi connectivity index (χ0v) is 92.4. The maximum atomic E-state index is 7.61. The SMILES string of the molecule is CC(C)N1C([I-]I)([I-]I)C(I(I)I)(I(I)[I-]I)N(c2cc3ccccc3o2)C(I(I)I(I)I(I)I)(I(I)I(I)I(I)[I-]I)C1(C)I(I)I(I)[I-]I. The second kappa shape index (κ2) is 32.8. The van der Waals surface area contributed by atoms with Gasteiger partial charge in [-0.25, -0.2) is 0 Å². The van der Waals surface area contributed by atoms with Crippen molar-refractivity contribution in [3.05, 3.63) is 30.3 Å². The van der Waals surface area contributed by atoms with Crippen LogP contribution in [0.4, 0.5) is 5.88 Å². The number of alkyl halides is 7. The van der Waals surface area contributed by atoms with Crippen molar-refractivity contribution in [1.29, 1.82) is 0 Å². The second-order valence-electron chi connectivity index (χ2n) is 8.60. The summed E-state index contributed by atoms with van der Waals surface area (Å²) in [6.45, 7) is 8.55. The van der Waals surface area contributed by atoms with Crippen molar-refractivity contribution in [2.45, 2.75) is 35.0 Å². The molecule has 2 aromatic rings. The van der Waals surface area contributed by atoms with E-state index in [1.54, 1.807) is 0 Å². The van der Waals surface area contributed by atoms with Crippen molar-refractivity contribution in [1.82, 2.24) is 4.90 Å². The van der Waals surface area contributed by atoms with Gasteiger partial charge in [0.1, 0.15) is 0 Å². The fourth-order valence-electron chi connectivity index (χ4n) is 4.71. The first kappa shape index (κ1) is 67.2. The molecule has 1 aliphatic rings. The number of halogens is 32. The third kappa shape index (κ3) is 15.0. The monoisotopic (exact) mass is 4310 g/mol. The number of hydrogen-bond acceptors (Lipinski definition) is 3. The van der Waals surface area contributed by atoms with Crippen LogP contribution >= 0.6 is 415 Å². The van der Waals surface area contributed by atoms with Crippen molar-refractivity contribution >= 4 is 432 Å². The number of benzene rings is 1. The van der Waals surface area contributed by atoms with Crippen LogP contribution in [0.2, 0.25) is 0 Å². The fraction of sp³-hybridized carbons (Fsp3) is 0.500. The van der Waals surface area contributed by atoms with Gasteiger partial charge in [-0.15, -0.1) is 0 Å². The molecular weight excluding hydrogens is 4300 g/mol. The first-order valence-electron chi connectivity index (χ1n) is 11.2. The minimum atomic E-state index is -1.60. The molecule has 0 aliphatic carbocycles. The molecule has 1 fully saturated rings. The molecule has 0 spiro atoms. The molecule has 0 amide bonds. The molecule has 0 saturated carbocycles. The van der Waals surface area contributed by atoms with Gasteiger partial charge in [0.2, 0.25) is 0 Å². The molecule has 0 bridgehead atoms. The van der Waals surface area contributed by atoms with E-state index in [4.69, 9.17) is 4.42 Å². The molecule has 1 saturated heterocycles. The van der Waals surface area contributed by atoms with E-state index in [1.165, 1.54) is 11.3 Å². The quantitative estimate of drug-likeness (QED) is 0.0894. The van der Waals surface area contributed by atoms with Crippen LogP contribution in [0.1, 0.15) is 20.8 Å². The molecule has 1 aromatic heterocycles. The van der Waals surface area contributed by atoms with Crippen LogP contribution in [0.5, 0.6) is 0 Å². The second-order valence-corrected chi connectivity index (χ2v) is 438. The Kier molecular flexibility index (Phi) is 43.2. The van der Waals surface area contributed by atoms with Crippen molar-refractivity contribution in [3.8, 4) is 0 Å². The van der Waals surface area contributed by atoms with Gasteiger partial charge in [-0.3, -0.25) is 0 Å². The molecule has 324 valence electrons. The summed E-state index contributed by atoms with van der Waals surface area (Å²) < 4.78 is 9.18. The van der Waals surface area contributed by atoms with Crippen molar-refractivity contribution in [3.63, 3.8) is 0 Å². The average Bonchev–Trinajstić information content (AvgIpc) is 3.54. The van der Waals surface area contributed by atoms with E-state index in [1.807, 2.05) is 0 Å². The van der Waals surface area contributed by atoms with E-state index >= 15 is 0 Å². The molecular formula is C16H15I32N2O-5. The molecule has 1 aromatic carbocycles.